The molecule has 5 atom stereocenters. The first-order valence-electron chi connectivity index (χ1n) is 6.30. The first kappa shape index (κ1) is 13.2. The highest BCUT2D eigenvalue weighted by Gasteiger charge is 2.48. The fourth-order valence-electron chi connectivity index (χ4n) is 2.73. The van der Waals surface area contributed by atoms with E-state index in [0.717, 1.165) is 30.8 Å². The molecule has 0 bridgehead atoms. The van der Waals surface area contributed by atoms with Crippen LogP contribution in [0, 0.1) is 0 Å². The molecular formula is C11H22NO5+. The Morgan fingerprint density at radius 2 is 1.59 bits per heavy atom. The van der Waals surface area contributed by atoms with Crippen molar-refractivity contribution in [3.8, 4) is 0 Å². The maximum Gasteiger partial charge on any atom is 0.221 e. The standard InChI is InChI=1S/C11H21NO5/c13-6-7-8(14)9(15)10(16)11(17-7)12-4-2-1-3-5-12/h7-11,13-16H,1-6H2/p+1/t7-,8+,9+,10+,11+/m0/s1. The molecule has 2 saturated heterocycles. The van der Waals surface area contributed by atoms with E-state index in [4.69, 9.17) is 9.84 Å². The zero-order chi connectivity index (χ0) is 12.4. The molecule has 0 spiro atoms. The third kappa shape index (κ3) is 2.62. The molecule has 0 radical (unpaired) electrons. The molecule has 2 rings (SSSR count). The average molecular weight is 248 g/mol. The molecule has 0 aromatic heterocycles. The Balaban J connectivity index is 2.04. The lowest BCUT2D eigenvalue weighted by Gasteiger charge is -2.43. The quantitative estimate of drug-likeness (QED) is 0.356. The molecule has 2 fully saturated rings. The number of rotatable bonds is 2. The van der Waals surface area contributed by atoms with E-state index in [1.807, 2.05) is 0 Å². The van der Waals surface area contributed by atoms with Crippen LogP contribution in [0.3, 0.4) is 0 Å². The summed E-state index contributed by atoms with van der Waals surface area (Å²) in [5, 5.41) is 38.4. The lowest BCUT2D eigenvalue weighted by molar-refractivity contribution is -0.959. The van der Waals surface area contributed by atoms with Gasteiger partial charge in [0.25, 0.3) is 0 Å². The van der Waals surface area contributed by atoms with E-state index in [2.05, 4.69) is 0 Å². The molecule has 100 valence electrons. The number of aliphatic hydroxyl groups is 4. The lowest BCUT2D eigenvalue weighted by Crippen LogP contribution is -3.19. The van der Waals surface area contributed by atoms with Gasteiger partial charge in [0.15, 0.2) is 6.10 Å². The minimum absolute atomic E-state index is 0.352. The second-order valence-electron chi connectivity index (χ2n) is 4.97. The van der Waals surface area contributed by atoms with Crippen molar-refractivity contribution < 1.29 is 30.1 Å². The van der Waals surface area contributed by atoms with E-state index in [9.17, 15) is 15.3 Å². The SMILES string of the molecule is OC[C@@H]1O[C@@H]([NH+]2CCCCC2)[C@H](O)[C@H](O)[C@@H]1O. The molecule has 6 heteroatoms. The summed E-state index contributed by atoms with van der Waals surface area (Å²) in [7, 11) is 0. The summed E-state index contributed by atoms with van der Waals surface area (Å²) in [6.45, 7) is 1.43. The molecule has 2 heterocycles. The van der Waals surface area contributed by atoms with E-state index in [0.29, 0.717) is 0 Å². The Labute approximate surface area is 100 Å². The molecule has 2 aliphatic rings. The van der Waals surface area contributed by atoms with Gasteiger partial charge in [-0.3, -0.25) is 0 Å². The van der Waals surface area contributed by atoms with Crippen molar-refractivity contribution in [3.63, 3.8) is 0 Å². The fourth-order valence-corrected chi connectivity index (χ4v) is 2.73. The molecule has 6 nitrogen and oxygen atoms in total. The third-order valence-corrected chi connectivity index (χ3v) is 3.79. The van der Waals surface area contributed by atoms with Gasteiger partial charge in [0, 0.05) is 0 Å². The summed E-state index contributed by atoms with van der Waals surface area (Å²) in [6, 6.07) is 0. The molecule has 5 N–H and O–H groups in total. The summed E-state index contributed by atoms with van der Waals surface area (Å²) in [5.74, 6) is 0. The molecule has 2 aliphatic heterocycles. The van der Waals surface area contributed by atoms with Crippen LogP contribution in [-0.2, 0) is 4.74 Å². The van der Waals surface area contributed by atoms with Crippen LogP contribution in [0.1, 0.15) is 19.3 Å². The number of hydrogen-bond donors (Lipinski definition) is 5. The highest BCUT2D eigenvalue weighted by molar-refractivity contribution is 4.88. The van der Waals surface area contributed by atoms with Crippen molar-refractivity contribution in [1.82, 2.24) is 0 Å². The summed E-state index contributed by atoms with van der Waals surface area (Å²) in [4.78, 5) is 1.09. The van der Waals surface area contributed by atoms with E-state index in [-0.39, 0.29) is 6.61 Å². The molecule has 0 saturated carbocycles. The Hall–Kier alpha value is -0.240. The summed E-state index contributed by atoms with van der Waals surface area (Å²) < 4.78 is 5.52. The van der Waals surface area contributed by atoms with Crippen LogP contribution in [0.4, 0.5) is 0 Å². The van der Waals surface area contributed by atoms with Crippen LogP contribution in [0.25, 0.3) is 0 Å². The summed E-state index contributed by atoms with van der Waals surface area (Å²) >= 11 is 0. The maximum atomic E-state index is 9.94. The van der Waals surface area contributed by atoms with Gasteiger partial charge in [0.1, 0.15) is 18.3 Å². The second kappa shape index (κ2) is 5.60. The minimum Gasteiger partial charge on any atom is -0.394 e. The number of hydrogen-bond acceptors (Lipinski definition) is 5. The smallest absolute Gasteiger partial charge is 0.221 e. The van der Waals surface area contributed by atoms with E-state index in [1.165, 1.54) is 6.42 Å². The van der Waals surface area contributed by atoms with Gasteiger partial charge < -0.3 is 30.1 Å². The van der Waals surface area contributed by atoms with Crippen LogP contribution >= 0.6 is 0 Å². The lowest BCUT2D eigenvalue weighted by atomic mass is 9.97. The minimum atomic E-state index is -1.25. The summed E-state index contributed by atoms with van der Waals surface area (Å²) in [6.07, 6.45) is -1.61. The highest BCUT2D eigenvalue weighted by Crippen LogP contribution is 2.18. The number of ether oxygens (including phenoxy) is 1. The van der Waals surface area contributed by atoms with Crippen LogP contribution < -0.4 is 4.90 Å². The van der Waals surface area contributed by atoms with Crippen molar-refractivity contribution in [2.24, 2.45) is 0 Å². The van der Waals surface area contributed by atoms with E-state index < -0.39 is 30.6 Å². The van der Waals surface area contributed by atoms with Crippen LogP contribution in [-0.4, -0.2) is 70.8 Å². The molecule has 0 amide bonds. The van der Waals surface area contributed by atoms with Crippen molar-refractivity contribution in [3.05, 3.63) is 0 Å². The second-order valence-corrected chi connectivity index (χ2v) is 4.97. The summed E-state index contributed by atoms with van der Waals surface area (Å²) in [5.41, 5.74) is 0. The van der Waals surface area contributed by atoms with Crippen molar-refractivity contribution >= 4 is 0 Å². The number of nitrogens with one attached hydrogen (secondary N) is 1. The van der Waals surface area contributed by atoms with Gasteiger partial charge in [0.2, 0.25) is 6.23 Å². The first-order valence-corrected chi connectivity index (χ1v) is 6.30. The van der Waals surface area contributed by atoms with Gasteiger partial charge in [-0.25, -0.2) is 0 Å². The normalized spacial score (nSPS) is 44.8. The molecule has 0 aromatic carbocycles. The molecule has 0 aromatic rings. The van der Waals surface area contributed by atoms with Gasteiger partial charge in [-0.15, -0.1) is 0 Å². The Bertz CT molecular complexity index is 242. The van der Waals surface area contributed by atoms with Gasteiger partial charge in [0.05, 0.1) is 19.7 Å². The molecular weight excluding hydrogens is 226 g/mol. The number of likely N-dealkylation sites (tertiary alicyclic amines) is 1. The Kier molecular flexibility index (Phi) is 4.35. The van der Waals surface area contributed by atoms with Gasteiger partial charge in [-0.2, -0.15) is 0 Å². The first-order chi connectivity index (χ1) is 8.15. The zero-order valence-electron chi connectivity index (χ0n) is 9.83. The average Bonchev–Trinajstić information content (AvgIpc) is 2.37. The van der Waals surface area contributed by atoms with Gasteiger partial charge in [-0.1, -0.05) is 0 Å². The molecule has 17 heavy (non-hydrogen) atoms. The number of aliphatic hydroxyl groups excluding tert-OH is 4. The van der Waals surface area contributed by atoms with Crippen LogP contribution in [0.5, 0.6) is 0 Å². The van der Waals surface area contributed by atoms with E-state index in [1.54, 1.807) is 0 Å². The van der Waals surface area contributed by atoms with E-state index >= 15 is 0 Å². The zero-order valence-corrected chi connectivity index (χ0v) is 9.83. The highest BCUT2D eigenvalue weighted by atomic mass is 16.6. The largest absolute Gasteiger partial charge is 0.394 e. The topological polar surface area (TPSA) is 94.6 Å². The van der Waals surface area contributed by atoms with Crippen LogP contribution in [0.15, 0.2) is 0 Å². The van der Waals surface area contributed by atoms with Gasteiger partial charge >= 0.3 is 0 Å². The number of quaternary nitrogens is 1. The third-order valence-electron chi connectivity index (χ3n) is 3.79. The molecule has 0 aliphatic carbocycles. The Morgan fingerprint density at radius 3 is 2.18 bits per heavy atom. The van der Waals surface area contributed by atoms with Gasteiger partial charge in [-0.05, 0) is 19.3 Å². The predicted octanol–water partition coefficient (Wildman–Crippen LogP) is -3.14. The van der Waals surface area contributed by atoms with Crippen LogP contribution in [0.2, 0.25) is 0 Å². The predicted molar refractivity (Wildman–Crippen MR) is 58.3 cm³/mol. The maximum absolute atomic E-state index is 9.94. The van der Waals surface area contributed by atoms with Crippen molar-refractivity contribution in [1.29, 1.82) is 0 Å². The monoisotopic (exact) mass is 248 g/mol. The van der Waals surface area contributed by atoms with Crippen molar-refractivity contribution in [2.75, 3.05) is 19.7 Å². The number of piperidine rings is 1. The van der Waals surface area contributed by atoms with Crippen molar-refractivity contribution in [2.45, 2.75) is 49.9 Å². The fraction of sp³-hybridized carbons (Fsp3) is 1.00. The molecule has 0 unspecified atom stereocenters. The Morgan fingerprint density at radius 1 is 0.941 bits per heavy atom.